The lowest BCUT2D eigenvalue weighted by atomic mass is 9.98. The summed E-state index contributed by atoms with van der Waals surface area (Å²) in [5.74, 6) is 0.247. The van der Waals surface area contributed by atoms with E-state index in [-0.39, 0.29) is 10.8 Å². The summed E-state index contributed by atoms with van der Waals surface area (Å²) in [5.41, 5.74) is 0.440. The van der Waals surface area contributed by atoms with E-state index in [2.05, 4.69) is 0 Å². The van der Waals surface area contributed by atoms with Gasteiger partial charge in [0.05, 0.1) is 11.5 Å². The SMILES string of the molecule is COCC1CCCN(C(=O)c2cccc(S(=O)(=O)N3CCC3)c2)C1. The van der Waals surface area contributed by atoms with Crippen LogP contribution in [0.1, 0.15) is 29.6 Å². The fourth-order valence-electron chi connectivity index (χ4n) is 3.27. The third-order valence-electron chi connectivity index (χ3n) is 4.74. The first-order valence-corrected chi connectivity index (χ1v) is 9.85. The molecule has 0 N–H and O–H groups in total. The summed E-state index contributed by atoms with van der Waals surface area (Å²) in [5, 5.41) is 0. The molecule has 6 nitrogen and oxygen atoms in total. The van der Waals surface area contributed by atoms with Crippen molar-refractivity contribution in [2.45, 2.75) is 24.2 Å². The average Bonchev–Trinajstić information content (AvgIpc) is 2.53. The molecule has 132 valence electrons. The normalized spacial score (nSPS) is 22.2. The van der Waals surface area contributed by atoms with Crippen LogP contribution >= 0.6 is 0 Å². The van der Waals surface area contributed by atoms with Gasteiger partial charge in [-0.05, 0) is 43.4 Å². The van der Waals surface area contributed by atoms with E-state index in [1.807, 2.05) is 4.90 Å². The van der Waals surface area contributed by atoms with Gasteiger partial charge in [0.1, 0.15) is 0 Å². The van der Waals surface area contributed by atoms with Gasteiger partial charge in [-0.3, -0.25) is 4.79 Å². The van der Waals surface area contributed by atoms with Gasteiger partial charge in [-0.15, -0.1) is 0 Å². The fraction of sp³-hybridized carbons (Fsp3) is 0.588. The van der Waals surface area contributed by atoms with E-state index < -0.39 is 10.0 Å². The van der Waals surface area contributed by atoms with Crippen molar-refractivity contribution in [1.29, 1.82) is 0 Å². The number of hydrogen-bond donors (Lipinski definition) is 0. The number of carbonyl (C=O) groups is 1. The van der Waals surface area contributed by atoms with Gasteiger partial charge >= 0.3 is 0 Å². The van der Waals surface area contributed by atoms with Gasteiger partial charge in [0.25, 0.3) is 5.91 Å². The fourth-order valence-corrected chi connectivity index (χ4v) is 4.83. The summed E-state index contributed by atoms with van der Waals surface area (Å²) < 4.78 is 31.6. The van der Waals surface area contributed by atoms with Crippen molar-refractivity contribution >= 4 is 15.9 Å². The summed E-state index contributed by atoms with van der Waals surface area (Å²) >= 11 is 0. The van der Waals surface area contributed by atoms with Crippen molar-refractivity contribution in [1.82, 2.24) is 9.21 Å². The highest BCUT2D eigenvalue weighted by atomic mass is 32.2. The Morgan fingerprint density at radius 3 is 2.71 bits per heavy atom. The number of likely N-dealkylation sites (tertiary alicyclic amines) is 1. The quantitative estimate of drug-likeness (QED) is 0.807. The molecule has 2 aliphatic heterocycles. The van der Waals surface area contributed by atoms with Crippen LogP contribution in [0.2, 0.25) is 0 Å². The van der Waals surface area contributed by atoms with Gasteiger partial charge in [0.15, 0.2) is 0 Å². The molecule has 0 bridgehead atoms. The molecular weight excluding hydrogens is 328 g/mol. The van der Waals surface area contributed by atoms with E-state index >= 15 is 0 Å². The van der Waals surface area contributed by atoms with E-state index in [1.54, 1.807) is 25.3 Å². The summed E-state index contributed by atoms with van der Waals surface area (Å²) in [6, 6.07) is 6.41. The monoisotopic (exact) mass is 352 g/mol. The first-order valence-electron chi connectivity index (χ1n) is 8.41. The molecule has 1 aromatic rings. The van der Waals surface area contributed by atoms with Crippen LogP contribution in [-0.4, -0.2) is 63.4 Å². The van der Waals surface area contributed by atoms with Crippen molar-refractivity contribution in [2.75, 3.05) is 39.9 Å². The standard InChI is InChI=1S/C17H24N2O4S/c1-23-13-14-5-3-8-18(12-14)17(20)15-6-2-7-16(11-15)24(21,22)19-9-4-10-19/h2,6-7,11,14H,3-5,8-10,12-13H2,1H3. The number of methoxy groups -OCH3 is 1. The van der Waals surface area contributed by atoms with Crippen molar-refractivity contribution < 1.29 is 17.9 Å². The van der Waals surface area contributed by atoms with Crippen molar-refractivity contribution in [3.63, 3.8) is 0 Å². The molecule has 24 heavy (non-hydrogen) atoms. The molecule has 0 aliphatic carbocycles. The third kappa shape index (κ3) is 3.48. The number of benzene rings is 1. The number of ether oxygens (including phenoxy) is 1. The Kier molecular flexibility index (Phi) is 5.22. The van der Waals surface area contributed by atoms with E-state index in [4.69, 9.17) is 4.74 Å². The number of piperidine rings is 1. The van der Waals surface area contributed by atoms with Gasteiger partial charge < -0.3 is 9.64 Å². The second-order valence-electron chi connectivity index (χ2n) is 6.50. The van der Waals surface area contributed by atoms with Crippen LogP contribution in [0.3, 0.4) is 0 Å². The summed E-state index contributed by atoms with van der Waals surface area (Å²) in [6.45, 7) is 3.14. The Labute approximate surface area is 143 Å². The zero-order valence-corrected chi connectivity index (χ0v) is 14.8. The maximum atomic E-state index is 12.8. The highest BCUT2D eigenvalue weighted by Crippen LogP contribution is 2.24. The number of sulfonamides is 1. The molecule has 3 rings (SSSR count). The van der Waals surface area contributed by atoms with E-state index in [0.717, 1.165) is 19.3 Å². The highest BCUT2D eigenvalue weighted by Gasteiger charge is 2.30. The molecule has 2 heterocycles. The van der Waals surface area contributed by atoms with E-state index in [0.29, 0.717) is 44.3 Å². The van der Waals surface area contributed by atoms with Gasteiger partial charge in [0, 0.05) is 38.9 Å². The summed E-state index contributed by atoms with van der Waals surface area (Å²) in [7, 11) is -1.79. The minimum absolute atomic E-state index is 0.100. The topological polar surface area (TPSA) is 66.9 Å². The number of hydrogen-bond acceptors (Lipinski definition) is 4. The molecule has 2 saturated heterocycles. The molecule has 1 aromatic carbocycles. The van der Waals surface area contributed by atoms with Gasteiger partial charge in [-0.2, -0.15) is 4.31 Å². The molecule has 0 aromatic heterocycles. The van der Waals surface area contributed by atoms with Crippen molar-refractivity contribution in [2.24, 2.45) is 5.92 Å². The molecule has 0 spiro atoms. The predicted octanol–water partition coefficient (Wildman–Crippen LogP) is 1.58. The third-order valence-corrected chi connectivity index (χ3v) is 6.64. The lowest BCUT2D eigenvalue weighted by molar-refractivity contribution is 0.0570. The molecular formula is C17H24N2O4S. The number of amides is 1. The number of nitrogens with zero attached hydrogens (tertiary/aromatic N) is 2. The summed E-state index contributed by atoms with van der Waals surface area (Å²) in [4.78, 5) is 14.8. The zero-order chi connectivity index (χ0) is 17.2. The smallest absolute Gasteiger partial charge is 0.253 e. The Balaban J connectivity index is 1.77. The van der Waals surface area contributed by atoms with Crippen molar-refractivity contribution in [3.05, 3.63) is 29.8 Å². The number of carbonyl (C=O) groups excluding carboxylic acids is 1. The van der Waals surface area contributed by atoms with Crippen LogP contribution in [-0.2, 0) is 14.8 Å². The minimum Gasteiger partial charge on any atom is -0.384 e. The molecule has 0 saturated carbocycles. The van der Waals surface area contributed by atoms with Crippen LogP contribution in [0.25, 0.3) is 0 Å². The van der Waals surface area contributed by atoms with Crippen LogP contribution in [0.4, 0.5) is 0 Å². The second-order valence-corrected chi connectivity index (χ2v) is 8.44. The van der Waals surface area contributed by atoms with Gasteiger partial charge in [0.2, 0.25) is 10.0 Å². The van der Waals surface area contributed by atoms with Crippen LogP contribution in [0, 0.1) is 5.92 Å². The Hall–Kier alpha value is -1.44. The molecule has 1 unspecified atom stereocenters. The minimum atomic E-state index is -3.47. The van der Waals surface area contributed by atoms with Gasteiger partial charge in [-0.25, -0.2) is 8.42 Å². The first kappa shape index (κ1) is 17.4. The molecule has 0 radical (unpaired) electrons. The molecule has 1 atom stereocenters. The van der Waals surface area contributed by atoms with E-state index in [9.17, 15) is 13.2 Å². The molecule has 1 amide bonds. The lowest BCUT2D eigenvalue weighted by Gasteiger charge is -2.33. The van der Waals surface area contributed by atoms with Crippen LogP contribution < -0.4 is 0 Å². The maximum Gasteiger partial charge on any atom is 0.253 e. The first-order chi connectivity index (χ1) is 11.5. The number of rotatable bonds is 5. The molecule has 7 heteroatoms. The van der Waals surface area contributed by atoms with Crippen LogP contribution in [0.5, 0.6) is 0 Å². The second kappa shape index (κ2) is 7.21. The van der Waals surface area contributed by atoms with Gasteiger partial charge in [-0.1, -0.05) is 6.07 Å². The maximum absolute atomic E-state index is 12.8. The van der Waals surface area contributed by atoms with Crippen molar-refractivity contribution in [3.8, 4) is 0 Å². The van der Waals surface area contributed by atoms with Crippen LogP contribution in [0.15, 0.2) is 29.2 Å². The summed E-state index contributed by atoms with van der Waals surface area (Å²) in [6.07, 6.45) is 2.90. The zero-order valence-electron chi connectivity index (χ0n) is 14.0. The highest BCUT2D eigenvalue weighted by molar-refractivity contribution is 7.89. The Bertz CT molecular complexity index is 698. The van der Waals surface area contributed by atoms with E-state index in [1.165, 1.54) is 10.4 Å². The lowest BCUT2D eigenvalue weighted by Crippen LogP contribution is -2.42. The molecule has 2 aliphatic rings. The average molecular weight is 352 g/mol. The largest absolute Gasteiger partial charge is 0.384 e. The Morgan fingerprint density at radius 2 is 2.04 bits per heavy atom. The molecule has 2 fully saturated rings. The Morgan fingerprint density at radius 1 is 1.25 bits per heavy atom. The predicted molar refractivity (Wildman–Crippen MR) is 90.3 cm³/mol.